The molecule has 2 aromatic rings. The highest BCUT2D eigenvalue weighted by Crippen LogP contribution is 2.26. The van der Waals surface area contributed by atoms with E-state index in [-0.39, 0.29) is 29.4 Å². The van der Waals surface area contributed by atoms with Gasteiger partial charge in [-0.05, 0) is 25.3 Å². The SMILES string of the molecule is CN=C(NCc1sc(C)nc1C)NCC(C)(C)c1cccs1.I. The quantitative estimate of drug-likeness (QED) is 0.398. The van der Waals surface area contributed by atoms with Gasteiger partial charge in [-0.15, -0.1) is 46.7 Å². The van der Waals surface area contributed by atoms with Crippen molar-refractivity contribution in [3.8, 4) is 0 Å². The first-order valence-electron chi connectivity index (χ1n) is 7.34. The molecule has 2 rings (SSSR count). The van der Waals surface area contributed by atoms with Gasteiger partial charge in [0, 0.05) is 28.8 Å². The van der Waals surface area contributed by atoms with E-state index in [0.29, 0.717) is 0 Å². The molecule has 2 aromatic heterocycles. The fourth-order valence-electron chi connectivity index (χ4n) is 2.18. The molecule has 0 bridgehead atoms. The summed E-state index contributed by atoms with van der Waals surface area (Å²) in [4.78, 5) is 11.4. The van der Waals surface area contributed by atoms with Gasteiger partial charge >= 0.3 is 0 Å². The summed E-state index contributed by atoms with van der Waals surface area (Å²) in [6, 6.07) is 4.29. The molecule has 0 saturated heterocycles. The predicted molar refractivity (Wildman–Crippen MR) is 113 cm³/mol. The van der Waals surface area contributed by atoms with Crippen molar-refractivity contribution in [1.82, 2.24) is 15.6 Å². The lowest BCUT2D eigenvalue weighted by Gasteiger charge is -2.25. The van der Waals surface area contributed by atoms with Crippen LogP contribution in [0.15, 0.2) is 22.5 Å². The fourth-order valence-corrected chi connectivity index (χ4v) is 3.91. The van der Waals surface area contributed by atoms with Crippen molar-refractivity contribution >= 4 is 52.6 Å². The number of thiophene rings is 1. The molecule has 2 heterocycles. The Morgan fingerprint density at radius 1 is 1.30 bits per heavy atom. The van der Waals surface area contributed by atoms with Gasteiger partial charge in [0.05, 0.1) is 17.2 Å². The maximum atomic E-state index is 4.45. The molecule has 0 aliphatic rings. The van der Waals surface area contributed by atoms with Gasteiger partial charge in [-0.2, -0.15) is 0 Å². The molecule has 0 atom stereocenters. The van der Waals surface area contributed by atoms with Crippen molar-refractivity contribution in [1.29, 1.82) is 0 Å². The summed E-state index contributed by atoms with van der Waals surface area (Å²) in [5.74, 6) is 0.829. The zero-order chi connectivity index (χ0) is 16.2. The van der Waals surface area contributed by atoms with Crippen molar-refractivity contribution in [3.05, 3.63) is 38.0 Å². The van der Waals surface area contributed by atoms with Crippen LogP contribution in [0.2, 0.25) is 0 Å². The standard InChI is InChI=1S/C16H24N4S2.HI/c1-11-13(22-12(2)20-11)9-18-15(17-5)19-10-16(3,4)14-7-6-8-21-14;/h6-8H,9-10H2,1-5H3,(H2,17,18,19);1H. The number of guanidine groups is 1. The van der Waals surface area contributed by atoms with Crippen molar-refractivity contribution in [2.24, 2.45) is 4.99 Å². The molecule has 0 spiro atoms. The van der Waals surface area contributed by atoms with E-state index in [2.05, 4.69) is 58.9 Å². The number of aromatic nitrogens is 1. The van der Waals surface area contributed by atoms with Gasteiger partial charge in [-0.1, -0.05) is 19.9 Å². The number of thiazole rings is 1. The first-order valence-corrected chi connectivity index (χ1v) is 9.03. The maximum absolute atomic E-state index is 4.45. The summed E-state index contributed by atoms with van der Waals surface area (Å²) >= 11 is 3.53. The van der Waals surface area contributed by atoms with E-state index in [9.17, 15) is 0 Å². The maximum Gasteiger partial charge on any atom is 0.191 e. The highest BCUT2D eigenvalue weighted by Gasteiger charge is 2.21. The predicted octanol–water partition coefficient (Wildman–Crippen LogP) is 4.08. The van der Waals surface area contributed by atoms with Crippen LogP contribution in [0.1, 0.15) is 34.3 Å². The van der Waals surface area contributed by atoms with Crippen LogP contribution < -0.4 is 10.6 Å². The lowest BCUT2D eigenvalue weighted by atomic mass is 9.91. The van der Waals surface area contributed by atoms with Gasteiger partial charge in [0.2, 0.25) is 0 Å². The normalized spacial score (nSPS) is 12.0. The Bertz CT molecular complexity index is 633. The largest absolute Gasteiger partial charge is 0.356 e. The van der Waals surface area contributed by atoms with Crippen LogP contribution >= 0.6 is 46.7 Å². The number of aliphatic imine (C=N–C) groups is 1. The summed E-state index contributed by atoms with van der Waals surface area (Å²) in [6.45, 7) is 10.2. The molecule has 0 amide bonds. The zero-order valence-electron chi connectivity index (χ0n) is 14.3. The summed E-state index contributed by atoms with van der Waals surface area (Å²) in [6.07, 6.45) is 0. The van der Waals surface area contributed by atoms with Gasteiger partial charge in [0.1, 0.15) is 0 Å². The third-order valence-electron chi connectivity index (χ3n) is 3.53. The molecular weight excluding hydrogens is 439 g/mol. The first-order chi connectivity index (χ1) is 10.4. The molecule has 7 heteroatoms. The number of nitrogens with zero attached hydrogens (tertiary/aromatic N) is 2. The van der Waals surface area contributed by atoms with Crippen LogP contribution in [0, 0.1) is 13.8 Å². The molecule has 0 radical (unpaired) electrons. The van der Waals surface area contributed by atoms with E-state index in [4.69, 9.17) is 0 Å². The Kier molecular flexibility index (Phi) is 7.96. The number of aryl methyl sites for hydroxylation is 2. The minimum atomic E-state index is 0. The van der Waals surface area contributed by atoms with Gasteiger partial charge in [-0.25, -0.2) is 4.98 Å². The molecular formula is C16H25IN4S2. The zero-order valence-corrected chi connectivity index (χ0v) is 18.2. The van der Waals surface area contributed by atoms with Crippen LogP contribution in [-0.4, -0.2) is 24.5 Å². The number of hydrogen-bond acceptors (Lipinski definition) is 4. The smallest absolute Gasteiger partial charge is 0.191 e. The molecule has 0 aliphatic heterocycles. The molecule has 0 aliphatic carbocycles. The second-order valence-electron chi connectivity index (χ2n) is 5.88. The Labute approximate surface area is 163 Å². The van der Waals surface area contributed by atoms with E-state index in [1.165, 1.54) is 9.75 Å². The van der Waals surface area contributed by atoms with Gasteiger partial charge in [0.15, 0.2) is 5.96 Å². The molecule has 128 valence electrons. The lowest BCUT2D eigenvalue weighted by molar-refractivity contribution is 0.518. The van der Waals surface area contributed by atoms with Gasteiger partial charge in [0.25, 0.3) is 0 Å². The Morgan fingerprint density at radius 2 is 2.04 bits per heavy atom. The van der Waals surface area contributed by atoms with Crippen LogP contribution in [0.5, 0.6) is 0 Å². The highest BCUT2D eigenvalue weighted by atomic mass is 127. The highest BCUT2D eigenvalue weighted by molar-refractivity contribution is 14.0. The van der Waals surface area contributed by atoms with Crippen LogP contribution in [0.25, 0.3) is 0 Å². The molecule has 4 nitrogen and oxygen atoms in total. The average molecular weight is 464 g/mol. The Hall–Kier alpha value is -0.670. The van der Waals surface area contributed by atoms with E-state index in [1.54, 1.807) is 29.7 Å². The van der Waals surface area contributed by atoms with Crippen molar-refractivity contribution < 1.29 is 0 Å². The van der Waals surface area contributed by atoms with Crippen LogP contribution in [-0.2, 0) is 12.0 Å². The van der Waals surface area contributed by atoms with Crippen LogP contribution in [0.3, 0.4) is 0 Å². The van der Waals surface area contributed by atoms with Crippen molar-refractivity contribution in [2.75, 3.05) is 13.6 Å². The minimum absolute atomic E-state index is 0. The average Bonchev–Trinajstić information content (AvgIpc) is 3.09. The minimum Gasteiger partial charge on any atom is -0.356 e. The number of nitrogens with one attached hydrogen (secondary N) is 2. The van der Waals surface area contributed by atoms with Crippen molar-refractivity contribution in [3.63, 3.8) is 0 Å². The van der Waals surface area contributed by atoms with Gasteiger partial charge < -0.3 is 10.6 Å². The second kappa shape index (κ2) is 8.98. The van der Waals surface area contributed by atoms with E-state index >= 15 is 0 Å². The van der Waals surface area contributed by atoms with Crippen LogP contribution in [0.4, 0.5) is 0 Å². The molecule has 0 saturated carbocycles. The Morgan fingerprint density at radius 3 is 2.57 bits per heavy atom. The number of halogens is 1. The topological polar surface area (TPSA) is 49.3 Å². The lowest BCUT2D eigenvalue weighted by Crippen LogP contribution is -2.42. The number of rotatable bonds is 5. The van der Waals surface area contributed by atoms with E-state index < -0.39 is 0 Å². The summed E-state index contributed by atoms with van der Waals surface area (Å²) in [7, 11) is 1.80. The third-order valence-corrected chi connectivity index (χ3v) is 5.83. The fraction of sp³-hybridized carbons (Fsp3) is 0.500. The monoisotopic (exact) mass is 464 g/mol. The molecule has 0 aromatic carbocycles. The molecule has 2 N–H and O–H groups in total. The van der Waals surface area contributed by atoms with Gasteiger partial charge in [-0.3, -0.25) is 4.99 Å². The third kappa shape index (κ3) is 5.72. The molecule has 0 fully saturated rings. The summed E-state index contributed by atoms with van der Waals surface area (Å²) in [5, 5.41) is 10.0. The van der Waals surface area contributed by atoms with E-state index in [1.807, 2.05) is 6.92 Å². The van der Waals surface area contributed by atoms with Crippen molar-refractivity contribution in [2.45, 2.75) is 39.7 Å². The summed E-state index contributed by atoms with van der Waals surface area (Å²) in [5.41, 5.74) is 1.19. The molecule has 23 heavy (non-hydrogen) atoms. The second-order valence-corrected chi connectivity index (χ2v) is 8.12. The van der Waals surface area contributed by atoms with E-state index in [0.717, 1.165) is 29.8 Å². The first kappa shape index (κ1) is 20.4. The molecule has 0 unspecified atom stereocenters. The number of hydrogen-bond donors (Lipinski definition) is 2. The Balaban J connectivity index is 0.00000264. The summed E-state index contributed by atoms with van der Waals surface area (Å²) < 4.78 is 0.